The van der Waals surface area contributed by atoms with Crippen molar-refractivity contribution in [2.75, 3.05) is 0 Å². The highest BCUT2D eigenvalue weighted by Gasteiger charge is 2.16. The van der Waals surface area contributed by atoms with E-state index in [-0.39, 0.29) is 0 Å². The van der Waals surface area contributed by atoms with Crippen LogP contribution in [-0.4, -0.2) is 9.97 Å². The predicted octanol–water partition coefficient (Wildman–Crippen LogP) is 12.8. The van der Waals surface area contributed by atoms with Gasteiger partial charge in [-0.1, -0.05) is 170 Å². The Labute approximate surface area is 292 Å². The molecule has 9 aromatic rings. The quantitative estimate of drug-likeness (QED) is 0.170. The number of benzene rings is 8. The van der Waals surface area contributed by atoms with Crippen LogP contribution in [0.25, 0.3) is 88.8 Å². The van der Waals surface area contributed by atoms with Gasteiger partial charge in [0.15, 0.2) is 5.82 Å². The van der Waals surface area contributed by atoms with Crippen molar-refractivity contribution in [1.29, 1.82) is 0 Å². The van der Waals surface area contributed by atoms with E-state index in [1.807, 2.05) is 6.07 Å². The van der Waals surface area contributed by atoms with E-state index in [4.69, 9.17) is 9.97 Å². The van der Waals surface area contributed by atoms with E-state index in [0.717, 1.165) is 60.8 Å². The molecule has 9 rings (SSSR count). The summed E-state index contributed by atoms with van der Waals surface area (Å²) in [6.45, 7) is 0. The summed E-state index contributed by atoms with van der Waals surface area (Å²) in [7, 11) is 0. The molecule has 0 bridgehead atoms. The van der Waals surface area contributed by atoms with Gasteiger partial charge >= 0.3 is 0 Å². The van der Waals surface area contributed by atoms with Crippen LogP contribution in [0.2, 0.25) is 0 Å². The number of rotatable bonds is 6. The second-order valence-corrected chi connectivity index (χ2v) is 12.6. The Kier molecular flexibility index (Phi) is 7.53. The fraction of sp³-hybridized carbons (Fsp3) is 0. The maximum Gasteiger partial charge on any atom is 0.160 e. The second kappa shape index (κ2) is 12.8. The molecular formula is C48H32N2. The van der Waals surface area contributed by atoms with Gasteiger partial charge in [-0.2, -0.15) is 0 Å². The van der Waals surface area contributed by atoms with Crippen LogP contribution in [0.1, 0.15) is 0 Å². The highest BCUT2D eigenvalue weighted by molar-refractivity contribution is 6.09. The first kappa shape index (κ1) is 29.5. The minimum atomic E-state index is 0.706. The summed E-state index contributed by atoms with van der Waals surface area (Å²) < 4.78 is 0. The monoisotopic (exact) mass is 636 g/mol. The average Bonchev–Trinajstić information content (AvgIpc) is 3.21. The van der Waals surface area contributed by atoms with Gasteiger partial charge in [0.1, 0.15) is 0 Å². The summed E-state index contributed by atoms with van der Waals surface area (Å²) in [4.78, 5) is 10.6. The molecule has 0 unspecified atom stereocenters. The first-order chi connectivity index (χ1) is 24.8. The Morgan fingerprint density at radius 1 is 0.260 bits per heavy atom. The Morgan fingerprint density at radius 2 is 0.680 bits per heavy atom. The highest BCUT2D eigenvalue weighted by Crippen LogP contribution is 2.37. The molecular weight excluding hydrogens is 605 g/mol. The number of aromatic nitrogens is 2. The molecule has 0 aliphatic carbocycles. The molecule has 0 aliphatic heterocycles. The molecule has 1 aromatic heterocycles. The molecule has 0 radical (unpaired) electrons. The molecule has 50 heavy (non-hydrogen) atoms. The molecule has 2 nitrogen and oxygen atoms in total. The maximum atomic E-state index is 5.33. The molecule has 234 valence electrons. The van der Waals surface area contributed by atoms with E-state index in [0.29, 0.717) is 5.82 Å². The Balaban J connectivity index is 1.24. The van der Waals surface area contributed by atoms with Gasteiger partial charge in [-0.25, -0.2) is 9.97 Å². The summed E-state index contributed by atoms with van der Waals surface area (Å²) in [5, 5.41) is 3.33. The maximum absolute atomic E-state index is 5.33. The van der Waals surface area contributed by atoms with Crippen molar-refractivity contribution in [2.45, 2.75) is 0 Å². The van der Waals surface area contributed by atoms with Gasteiger partial charge in [-0.15, -0.1) is 0 Å². The van der Waals surface area contributed by atoms with Gasteiger partial charge in [0.05, 0.1) is 11.2 Å². The third kappa shape index (κ3) is 5.63. The Bertz CT molecular complexity index is 2490. The van der Waals surface area contributed by atoms with Gasteiger partial charge in [-0.05, 0) is 74.2 Å². The highest BCUT2D eigenvalue weighted by atomic mass is 14.9. The fourth-order valence-corrected chi connectivity index (χ4v) is 6.87. The number of hydrogen-bond acceptors (Lipinski definition) is 2. The molecule has 2 heteroatoms. The lowest BCUT2D eigenvalue weighted by molar-refractivity contribution is 1.23. The molecule has 0 fully saturated rings. The zero-order chi connectivity index (χ0) is 33.3. The molecule has 1 heterocycles. The van der Waals surface area contributed by atoms with E-state index >= 15 is 0 Å². The molecule has 0 saturated carbocycles. The smallest absolute Gasteiger partial charge is 0.160 e. The molecule has 0 amide bonds. The van der Waals surface area contributed by atoms with Crippen LogP contribution >= 0.6 is 0 Å². The third-order valence-electron chi connectivity index (χ3n) is 9.48. The van der Waals surface area contributed by atoms with E-state index in [2.05, 4.69) is 188 Å². The van der Waals surface area contributed by atoms with Crippen molar-refractivity contribution in [2.24, 2.45) is 0 Å². The molecule has 0 saturated heterocycles. The minimum absolute atomic E-state index is 0.706. The van der Waals surface area contributed by atoms with Crippen molar-refractivity contribution in [3.8, 4) is 67.2 Å². The Hall–Kier alpha value is -6.64. The summed E-state index contributed by atoms with van der Waals surface area (Å²) in [6, 6.07) is 68.7. The van der Waals surface area contributed by atoms with E-state index in [1.165, 1.54) is 22.3 Å². The second-order valence-electron chi connectivity index (χ2n) is 12.6. The van der Waals surface area contributed by atoms with Crippen LogP contribution in [0.3, 0.4) is 0 Å². The zero-order valence-electron chi connectivity index (χ0n) is 27.4. The lowest BCUT2D eigenvalue weighted by Gasteiger charge is -2.14. The lowest BCUT2D eigenvalue weighted by atomic mass is 9.93. The zero-order valence-corrected chi connectivity index (χ0v) is 27.4. The largest absolute Gasteiger partial charge is 0.227 e. The van der Waals surface area contributed by atoms with Crippen molar-refractivity contribution < 1.29 is 0 Å². The molecule has 0 N–H and O–H groups in total. The first-order valence-corrected chi connectivity index (χ1v) is 17.0. The Morgan fingerprint density at radius 3 is 1.22 bits per heavy atom. The first-order valence-electron chi connectivity index (χ1n) is 17.0. The van der Waals surface area contributed by atoms with Gasteiger partial charge < -0.3 is 0 Å². The van der Waals surface area contributed by atoms with Gasteiger partial charge in [0, 0.05) is 21.9 Å². The van der Waals surface area contributed by atoms with E-state index in [1.54, 1.807) is 0 Å². The van der Waals surface area contributed by atoms with Crippen molar-refractivity contribution in [3.63, 3.8) is 0 Å². The fourth-order valence-electron chi connectivity index (χ4n) is 6.87. The number of nitrogens with zero attached hydrogens (tertiary/aromatic N) is 2. The minimum Gasteiger partial charge on any atom is -0.227 e. The van der Waals surface area contributed by atoms with Crippen LogP contribution in [0.15, 0.2) is 194 Å². The summed E-state index contributed by atoms with van der Waals surface area (Å²) in [5.41, 5.74) is 13.3. The van der Waals surface area contributed by atoms with Crippen LogP contribution in [0, 0.1) is 0 Å². The molecule has 0 aliphatic rings. The van der Waals surface area contributed by atoms with Crippen molar-refractivity contribution >= 4 is 21.7 Å². The van der Waals surface area contributed by atoms with E-state index in [9.17, 15) is 0 Å². The third-order valence-corrected chi connectivity index (χ3v) is 9.48. The van der Waals surface area contributed by atoms with Gasteiger partial charge in [-0.3, -0.25) is 0 Å². The van der Waals surface area contributed by atoms with Crippen molar-refractivity contribution in [1.82, 2.24) is 9.97 Å². The summed E-state index contributed by atoms with van der Waals surface area (Å²) >= 11 is 0. The number of fused-ring (bicyclic) bond motifs is 3. The standard InChI is InChI=1S/C48H32N2/c1-4-12-33(13-5-1)35-20-24-37(25-21-35)41-30-42(38-26-22-36(23-27-38)34-14-6-2-7-15-34)32-43(31-41)48-49-46(40-17-8-3-9-18-40)45-29-28-39-16-10-11-19-44(39)47(45)50-48/h1-32H. The van der Waals surface area contributed by atoms with Crippen LogP contribution < -0.4 is 0 Å². The van der Waals surface area contributed by atoms with Crippen LogP contribution in [0.5, 0.6) is 0 Å². The topological polar surface area (TPSA) is 25.8 Å². The van der Waals surface area contributed by atoms with Crippen LogP contribution in [0.4, 0.5) is 0 Å². The summed E-state index contributed by atoms with van der Waals surface area (Å²) in [5.74, 6) is 0.706. The van der Waals surface area contributed by atoms with Gasteiger partial charge in [0.25, 0.3) is 0 Å². The van der Waals surface area contributed by atoms with Crippen molar-refractivity contribution in [3.05, 3.63) is 194 Å². The average molecular weight is 637 g/mol. The normalized spacial score (nSPS) is 11.2. The van der Waals surface area contributed by atoms with Crippen LogP contribution in [-0.2, 0) is 0 Å². The lowest BCUT2D eigenvalue weighted by Crippen LogP contribution is -1.97. The van der Waals surface area contributed by atoms with E-state index < -0.39 is 0 Å². The molecule has 8 aromatic carbocycles. The molecule has 0 atom stereocenters. The predicted molar refractivity (Wildman–Crippen MR) is 210 cm³/mol. The number of hydrogen-bond donors (Lipinski definition) is 0. The molecule has 0 spiro atoms. The van der Waals surface area contributed by atoms with Gasteiger partial charge in [0.2, 0.25) is 0 Å². The summed E-state index contributed by atoms with van der Waals surface area (Å²) in [6.07, 6.45) is 0. The SMILES string of the molecule is c1ccc(-c2ccc(-c3cc(-c4ccc(-c5ccccc5)cc4)cc(-c4nc(-c5ccccc5)c5ccc6ccccc6c5n4)c3)cc2)cc1.